The Labute approximate surface area is 119 Å². The van der Waals surface area contributed by atoms with Gasteiger partial charge >= 0.3 is 0 Å². The van der Waals surface area contributed by atoms with Crippen molar-refractivity contribution in [3.63, 3.8) is 0 Å². The Bertz CT molecular complexity index is 808. The van der Waals surface area contributed by atoms with Crippen LogP contribution < -0.4 is 5.32 Å². The number of rotatable bonds is 2. The van der Waals surface area contributed by atoms with Crippen LogP contribution in [0.25, 0.3) is 10.9 Å². The minimum atomic E-state index is -0.897. The van der Waals surface area contributed by atoms with Crippen molar-refractivity contribution in [2.75, 3.05) is 5.32 Å². The smallest absolute Gasteiger partial charge is 0.261 e. The number of aromatic nitrogens is 1. The molecule has 104 valence electrons. The van der Waals surface area contributed by atoms with E-state index in [9.17, 15) is 13.6 Å². The second kappa shape index (κ2) is 5.28. The predicted octanol–water partition coefficient (Wildman–Crippen LogP) is 3.77. The number of pyridine rings is 1. The van der Waals surface area contributed by atoms with E-state index in [-0.39, 0.29) is 0 Å². The van der Waals surface area contributed by atoms with Gasteiger partial charge < -0.3 is 5.32 Å². The maximum absolute atomic E-state index is 13.6. The lowest BCUT2D eigenvalue weighted by molar-refractivity contribution is 0.101. The van der Waals surface area contributed by atoms with Crippen molar-refractivity contribution in [3.8, 4) is 0 Å². The zero-order valence-electron chi connectivity index (χ0n) is 10.8. The maximum Gasteiger partial charge on any atom is 0.261 e. The molecule has 2 aromatic carbocycles. The molecule has 3 rings (SSSR count). The van der Waals surface area contributed by atoms with Crippen LogP contribution in [0.4, 0.5) is 14.5 Å². The summed E-state index contributed by atoms with van der Waals surface area (Å²) in [7, 11) is 0. The van der Waals surface area contributed by atoms with Crippen LogP contribution in [0.5, 0.6) is 0 Å². The molecule has 0 aliphatic carbocycles. The standard InChI is InChI=1S/C16H10F2N2O/c17-11-5-3-6-12(18)15(11)16(21)20-14-8-9-19-13-7-2-1-4-10(13)14/h1-9H,(H,19,20,21). The first-order valence-corrected chi connectivity index (χ1v) is 6.26. The highest BCUT2D eigenvalue weighted by Gasteiger charge is 2.17. The number of hydrogen-bond acceptors (Lipinski definition) is 2. The van der Waals surface area contributed by atoms with Crippen molar-refractivity contribution in [2.24, 2.45) is 0 Å². The summed E-state index contributed by atoms with van der Waals surface area (Å²) < 4.78 is 27.2. The molecule has 5 heteroatoms. The fourth-order valence-electron chi connectivity index (χ4n) is 2.10. The van der Waals surface area contributed by atoms with Gasteiger partial charge in [-0.1, -0.05) is 24.3 Å². The Morgan fingerprint density at radius 3 is 2.43 bits per heavy atom. The third kappa shape index (κ3) is 2.45. The summed E-state index contributed by atoms with van der Waals surface area (Å²) in [4.78, 5) is 16.2. The van der Waals surface area contributed by atoms with Crippen LogP contribution in [0.15, 0.2) is 54.7 Å². The molecule has 0 atom stereocenters. The molecule has 1 heterocycles. The molecule has 0 bridgehead atoms. The summed E-state index contributed by atoms with van der Waals surface area (Å²) in [6.45, 7) is 0. The highest BCUT2D eigenvalue weighted by atomic mass is 19.1. The lowest BCUT2D eigenvalue weighted by Gasteiger charge is -2.09. The number of halogens is 2. The molecule has 0 fully saturated rings. The number of fused-ring (bicyclic) bond motifs is 1. The van der Waals surface area contributed by atoms with E-state index in [0.717, 1.165) is 12.1 Å². The van der Waals surface area contributed by atoms with E-state index < -0.39 is 23.1 Å². The summed E-state index contributed by atoms with van der Waals surface area (Å²) in [6, 6.07) is 12.1. The van der Waals surface area contributed by atoms with Gasteiger partial charge in [-0.3, -0.25) is 9.78 Å². The van der Waals surface area contributed by atoms with Crippen molar-refractivity contribution in [1.29, 1.82) is 0 Å². The van der Waals surface area contributed by atoms with E-state index in [4.69, 9.17) is 0 Å². The van der Waals surface area contributed by atoms with Crippen molar-refractivity contribution in [1.82, 2.24) is 4.98 Å². The van der Waals surface area contributed by atoms with E-state index in [1.165, 1.54) is 12.3 Å². The van der Waals surface area contributed by atoms with Gasteiger partial charge in [0.25, 0.3) is 5.91 Å². The van der Waals surface area contributed by atoms with Gasteiger partial charge in [-0.25, -0.2) is 8.78 Å². The Balaban J connectivity index is 2.01. The number of nitrogens with zero attached hydrogens (tertiary/aromatic N) is 1. The topological polar surface area (TPSA) is 42.0 Å². The first kappa shape index (κ1) is 13.2. The Kier molecular flexibility index (Phi) is 3.31. The number of carbonyl (C=O) groups excluding carboxylic acids is 1. The summed E-state index contributed by atoms with van der Waals surface area (Å²) >= 11 is 0. The van der Waals surface area contributed by atoms with Gasteiger partial charge in [0.15, 0.2) is 0 Å². The Hall–Kier alpha value is -2.82. The second-order valence-electron chi connectivity index (χ2n) is 4.43. The van der Waals surface area contributed by atoms with Gasteiger partial charge in [-0.2, -0.15) is 0 Å². The average molecular weight is 284 g/mol. The highest BCUT2D eigenvalue weighted by molar-refractivity contribution is 6.08. The van der Waals surface area contributed by atoms with Crippen molar-refractivity contribution in [2.45, 2.75) is 0 Å². The van der Waals surface area contributed by atoms with Crippen molar-refractivity contribution < 1.29 is 13.6 Å². The molecule has 0 aliphatic heterocycles. The molecule has 0 saturated heterocycles. The molecule has 0 spiro atoms. The molecule has 1 N–H and O–H groups in total. The van der Waals surface area contributed by atoms with Crippen molar-refractivity contribution in [3.05, 3.63) is 71.9 Å². The van der Waals surface area contributed by atoms with Crippen LogP contribution in [0.3, 0.4) is 0 Å². The van der Waals surface area contributed by atoms with Crippen LogP contribution in [-0.4, -0.2) is 10.9 Å². The van der Waals surface area contributed by atoms with Crippen LogP contribution in [0, 0.1) is 11.6 Å². The number of nitrogens with one attached hydrogen (secondary N) is 1. The lowest BCUT2D eigenvalue weighted by atomic mass is 10.1. The van der Waals surface area contributed by atoms with Gasteiger partial charge in [-0.15, -0.1) is 0 Å². The van der Waals surface area contributed by atoms with Gasteiger partial charge in [0.2, 0.25) is 0 Å². The Morgan fingerprint density at radius 2 is 1.67 bits per heavy atom. The second-order valence-corrected chi connectivity index (χ2v) is 4.43. The van der Waals surface area contributed by atoms with E-state index in [1.807, 2.05) is 6.07 Å². The van der Waals surface area contributed by atoms with Gasteiger partial charge in [0, 0.05) is 11.6 Å². The van der Waals surface area contributed by atoms with Crippen LogP contribution in [0.1, 0.15) is 10.4 Å². The normalized spacial score (nSPS) is 10.6. The SMILES string of the molecule is O=C(Nc1ccnc2ccccc12)c1c(F)cccc1F. The number of para-hydroxylation sites is 1. The zero-order chi connectivity index (χ0) is 14.8. The lowest BCUT2D eigenvalue weighted by Crippen LogP contribution is -2.16. The number of amides is 1. The quantitative estimate of drug-likeness (QED) is 0.778. The average Bonchev–Trinajstić information content (AvgIpc) is 2.47. The largest absolute Gasteiger partial charge is 0.321 e. The van der Waals surface area contributed by atoms with Crippen LogP contribution in [0.2, 0.25) is 0 Å². The molecule has 1 aromatic heterocycles. The summed E-state index contributed by atoms with van der Waals surface area (Å²) in [5.41, 5.74) is 0.538. The number of anilines is 1. The van der Waals surface area contributed by atoms with E-state index in [1.54, 1.807) is 24.3 Å². The molecular weight excluding hydrogens is 274 g/mol. The van der Waals surface area contributed by atoms with Crippen molar-refractivity contribution >= 4 is 22.5 Å². The monoisotopic (exact) mass is 284 g/mol. The first-order chi connectivity index (χ1) is 10.2. The van der Waals surface area contributed by atoms with Crippen LogP contribution >= 0.6 is 0 Å². The third-order valence-corrected chi connectivity index (χ3v) is 3.09. The first-order valence-electron chi connectivity index (χ1n) is 6.26. The summed E-state index contributed by atoms with van der Waals surface area (Å²) in [5, 5.41) is 3.22. The zero-order valence-corrected chi connectivity index (χ0v) is 10.8. The summed E-state index contributed by atoms with van der Waals surface area (Å²) in [5.74, 6) is -2.63. The Morgan fingerprint density at radius 1 is 0.952 bits per heavy atom. The molecular formula is C16H10F2N2O. The minimum absolute atomic E-state index is 0.452. The van der Waals surface area contributed by atoms with Gasteiger partial charge in [0.05, 0.1) is 11.2 Å². The number of carbonyl (C=O) groups is 1. The highest BCUT2D eigenvalue weighted by Crippen LogP contribution is 2.22. The number of hydrogen-bond donors (Lipinski definition) is 1. The maximum atomic E-state index is 13.6. The minimum Gasteiger partial charge on any atom is -0.321 e. The van der Waals surface area contributed by atoms with E-state index in [0.29, 0.717) is 16.6 Å². The number of benzene rings is 2. The molecule has 0 radical (unpaired) electrons. The molecule has 3 nitrogen and oxygen atoms in total. The predicted molar refractivity (Wildman–Crippen MR) is 76.1 cm³/mol. The molecule has 21 heavy (non-hydrogen) atoms. The molecule has 1 amide bonds. The molecule has 0 saturated carbocycles. The van der Waals surface area contributed by atoms with E-state index >= 15 is 0 Å². The fourth-order valence-corrected chi connectivity index (χ4v) is 2.10. The van der Waals surface area contributed by atoms with Crippen LogP contribution in [-0.2, 0) is 0 Å². The molecule has 0 aliphatic rings. The third-order valence-electron chi connectivity index (χ3n) is 3.09. The summed E-state index contributed by atoms with van der Waals surface area (Å²) in [6.07, 6.45) is 1.52. The molecule has 3 aromatic rings. The fraction of sp³-hybridized carbons (Fsp3) is 0. The van der Waals surface area contributed by atoms with Gasteiger partial charge in [-0.05, 0) is 24.3 Å². The van der Waals surface area contributed by atoms with E-state index in [2.05, 4.69) is 10.3 Å². The van der Waals surface area contributed by atoms with Gasteiger partial charge in [0.1, 0.15) is 17.2 Å². The molecule has 0 unspecified atom stereocenters.